The van der Waals surface area contributed by atoms with Crippen molar-refractivity contribution >= 4 is 32.8 Å². The van der Waals surface area contributed by atoms with Crippen molar-refractivity contribution in [2.24, 2.45) is 0 Å². The molecule has 0 aliphatic carbocycles. The molecule has 8 nitrogen and oxygen atoms in total. The Hall–Kier alpha value is -5.67. The topological polar surface area (TPSA) is 131 Å². The fraction of sp³-hybridized carbons (Fsp3) is 0.105. The van der Waals surface area contributed by atoms with Gasteiger partial charge in [-0.15, -0.1) is 0 Å². The molecule has 47 heavy (non-hydrogen) atoms. The van der Waals surface area contributed by atoms with E-state index in [0.717, 1.165) is 31.0 Å². The number of ketones is 1. The second-order valence-corrected chi connectivity index (χ2v) is 12.5. The highest BCUT2D eigenvalue weighted by atomic mass is 32.2. The van der Waals surface area contributed by atoms with Gasteiger partial charge in [0.25, 0.3) is 0 Å². The molecule has 6 aromatic rings. The molecule has 1 heterocycles. The highest BCUT2D eigenvalue weighted by Crippen LogP contribution is 2.45. The van der Waals surface area contributed by atoms with Crippen molar-refractivity contribution in [1.29, 1.82) is 0 Å². The summed E-state index contributed by atoms with van der Waals surface area (Å²) in [4.78, 5) is 25.5. The van der Waals surface area contributed by atoms with Gasteiger partial charge in [-0.05, 0) is 53.9 Å². The molecule has 0 aliphatic rings. The second kappa shape index (κ2) is 13.0. The lowest BCUT2D eigenvalue weighted by atomic mass is 9.88. The van der Waals surface area contributed by atoms with Crippen molar-refractivity contribution in [3.05, 3.63) is 138 Å². The van der Waals surface area contributed by atoms with Gasteiger partial charge < -0.3 is 18.8 Å². The second-order valence-electron chi connectivity index (χ2n) is 11.0. The van der Waals surface area contributed by atoms with Crippen LogP contribution in [0.5, 0.6) is 11.5 Å². The maximum absolute atomic E-state index is 14.7. The van der Waals surface area contributed by atoms with Crippen LogP contribution in [0, 0.1) is 0 Å². The van der Waals surface area contributed by atoms with Crippen LogP contribution in [-0.4, -0.2) is 30.4 Å². The van der Waals surface area contributed by atoms with Gasteiger partial charge in [0.05, 0.1) is 11.1 Å². The Labute approximate surface area is 271 Å². The number of furan rings is 1. The lowest BCUT2D eigenvalue weighted by Gasteiger charge is -2.20. The van der Waals surface area contributed by atoms with Gasteiger partial charge in [-0.2, -0.15) is 8.42 Å². The van der Waals surface area contributed by atoms with Crippen molar-refractivity contribution in [1.82, 2.24) is 0 Å². The summed E-state index contributed by atoms with van der Waals surface area (Å²) < 4.78 is 39.9. The molecular weight excluding hydrogens is 616 g/mol. The maximum atomic E-state index is 14.7. The normalized spacial score (nSPS) is 11.4. The number of carbonyl (C=O) groups is 2. The summed E-state index contributed by atoms with van der Waals surface area (Å²) in [6, 6.07) is 31.3. The average molecular weight is 647 g/mol. The lowest BCUT2D eigenvalue weighted by molar-refractivity contribution is 0.0696. The molecule has 0 unspecified atom stereocenters. The van der Waals surface area contributed by atoms with E-state index in [4.69, 9.17) is 8.60 Å². The fourth-order valence-electron chi connectivity index (χ4n) is 5.60. The number of aromatic carboxylic acids is 1. The zero-order valence-electron chi connectivity index (χ0n) is 25.3. The van der Waals surface area contributed by atoms with Crippen molar-refractivity contribution in [3.63, 3.8) is 0 Å². The quantitative estimate of drug-likeness (QED) is 0.106. The summed E-state index contributed by atoms with van der Waals surface area (Å²) in [5.41, 5.74) is 2.62. The molecule has 9 heteroatoms. The Morgan fingerprint density at radius 3 is 2.13 bits per heavy atom. The number of carboxylic acids is 1. The molecule has 0 amide bonds. The van der Waals surface area contributed by atoms with E-state index in [1.165, 1.54) is 0 Å². The number of hydrogen-bond donors (Lipinski definition) is 2. The van der Waals surface area contributed by atoms with E-state index in [0.29, 0.717) is 45.4 Å². The summed E-state index contributed by atoms with van der Waals surface area (Å²) in [5.74, 6) is -2.07. The third-order valence-corrected chi connectivity index (χ3v) is 9.14. The van der Waals surface area contributed by atoms with Gasteiger partial charge in [0.1, 0.15) is 22.0 Å². The number of benzene rings is 5. The largest absolute Gasteiger partial charge is 0.506 e. The molecule has 0 fully saturated rings. The zero-order chi connectivity index (χ0) is 33.1. The minimum absolute atomic E-state index is 0.127. The predicted octanol–water partition coefficient (Wildman–Crippen LogP) is 8.51. The Morgan fingerprint density at radius 1 is 0.809 bits per heavy atom. The van der Waals surface area contributed by atoms with E-state index in [2.05, 4.69) is 6.92 Å². The van der Waals surface area contributed by atoms with Crippen LogP contribution in [0.25, 0.3) is 33.2 Å². The molecule has 0 bridgehead atoms. The molecule has 0 radical (unpaired) electrons. The molecule has 0 atom stereocenters. The molecule has 5 aromatic carbocycles. The zero-order valence-corrected chi connectivity index (χ0v) is 26.2. The fourth-order valence-corrected chi connectivity index (χ4v) is 6.64. The van der Waals surface area contributed by atoms with Gasteiger partial charge in [0.15, 0.2) is 11.5 Å². The molecule has 236 valence electrons. The molecule has 0 aliphatic heterocycles. The number of carbonyl (C=O) groups excluding carboxylic acids is 1. The van der Waals surface area contributed by atoms with E-state index in [1.54, 1.807) is 72.8 Å². The summed E-state index contributed by atoms with van der Waals surface area (Å²) in [5, 5.41) is 20.6. The Bertz CT molecular complexity index is 2220. The SMILES string of the molecule is CCCCc1oc2ccccc2c1C(=O)c1ccc(-c2ccccc2)c(OS(=O)(=O)c2ccc(C(=O)O)cc2O)c1-c1ccccc1. The minimum Gasteiger partial charge on any atom is -0.506 e. The average Bonchev–Trinajstić information content (AvgIpc) is 3.45. The number of phenols is 1. The number of hydrogen-bond acceptors (Lipinski definition) is 7. The Balaban J connectivity index is 1.62. The van der Waals surface area contributed by atoms with E-state index in [-0.39, 0.29) is 28.2 Å². The van der Waals surface area contributed by atoms with Crippen LogP contribution in [0.1, 0.15) is 51.8 Å². The molecule has 0 spiro atoms. The summed E-state index contributed by atoms with van der Waals surface area (Å²) >= 11 is 0. The Morgan fingerprint density at radius 2 is 1.47 bits per heavy atom. The van der Waals surface area contributed by atoms with E-state index < -0.39 is 26.7 Å². The first-order chi connectivity index (χ1) is 22.7. The molecule has 2 N–H and O–H groups in total. The number of phenolic OH excluding ortho intramolecular Hbond substituents is 1. The van der Waals surface area contributed by atoms with Crippen molar-refractivity contribution < 1.29 is 36.8 Å². The smallest absolute Gasteiger partial charge is 0.342 e. The maximum Gasteiger partial charge on any atom is 0.342 e. The molecular formula is C38H30O8S. The summed E-state index contributed by atoms with van der Waals surface area (Å²) in [6.07, 6.45) is 2.23. The van der Waals surface area contributed by atoms with Gasteiger partial charge in [0, 0.05) is 28.5 Å². The first-order valence-corrected chi connectivity index (χ1v) is 16.4. The monoisotopic (exact) mass is 646 g/mol. The van der Waals surface area contributed by atoms with Gasteiger partial charge in [0.2, 0.25) is 0 Å². The van der Waals surface area contributed by atoms with E-state index in [1.807, 2.05) is 24.3 Å². The number of rotatable bonds is 11. The number of para-hydroxylation sites is 1. The summed E-state index contributed by atoms with van der Waals surface area (Å²) in [6.45, 7) is 2.05. The van der Waals surface area contributed by atoms with E-state index in [9.17, 15) is 28.2 Å². The van der Waals surface area contributed by atoms with Crippen molar-refractivity contribution in [2.45, 2.75) is 31.1 Å². The molecule has 6 rings (SSSR count). The van der Waals surface area contributed by atoms with Crippen LogP contribution in [0.3, 0.4) is 0 Å². The highest BCUT2D eigenvalue weighted by Gasteiger charge is 2.31. The van der Waals surface area contributed by atoms with Gasteiger partial charge in [-0.25, -0.2) is 4.79 Å². The van der Waals surface area contributed by atoms with Crippen LogP contribution in [0.2, 0.25) is 0 Å². The highest BCUT2D eigenvalue weighted by molar-refractivity contribution is 7.87. The first-order valence-electron chi connectivity index (χ1n) is 15.0. The van der Waals surface area contributed by atoms with Crippen LogP contribution < -0.4 is 4.18 Å². The third kappa shape index (κ3) is 6.13. The number of carboxylic acid groups (broad SMARTS) is 1. The number of unbranched alkanes of at least 4 members (excludes halogenated alkanes) is 1. The molecule has 0 saturated heterocycles. The first kappa shape index (κ1) is 31.3. The van der Waals surface area contributed by atoms with Crippen LogP contribution in [-0.2, 0) is 16.5 Å². The molecule has 1 aromatic heterocycles. The number of aryl methyl sites for hydroxylation is 1. The van der Waals surface area contributed by atoms with Gasteiger partial charge >= 0.3 is 16.1 Å². The van der Waals surface area contributed by atoms with Crippen LogP contribution in [0.4, 0.5) is 0 Å². The summed E-state index contributed by atoms with van der Waals surface area (Å²) in [7, 11) is -4.77. The van der Waals surface area contributed by atoms with Crippen LogP contribution in [0.15, 0.2) is 125 Å². The van der Waals surface area contributed by atoms with Crippen molar-refractivity contribution in [3.8, 4) is 33.8 Å². The minimum atomic E-state index is -4.77. The lowest BCUT2D eigenvalue weighted by Crippen LogP contribution is -2.14. The van der Waals surface area contributed by atoms with Gasteiger partial charge in [-0.1, -0.05) is 92.2 Å². The van der Waals surface area contributed by atoms with E-state index >= 15 is 0 Å². The van der Waals surface area contributed by atoms with Gasteiger partial charge in [-0.3, -0.25) is 4.79 Å². The number of fused-ring (bicyclic) bond motifs is 1. The predicted molar refractivity (Wildman–Crippen MR) is 178 cm³/mol. The Kier molecular flexibility index (Phi) is 8.65. The van der Waals surface area contributed by atoms with Crippen molar-refractivity contribution in [2.75, 3.05) is 0 Å². The third-order valence-electron chi connectivity index (χ3n) is 7.87. The standard InChI is InChI=1S/C38H30O8S/c1-2-3-17-32-35(28-16-10-11-18-31(28)45-32)36(40)29-21-20-27(24-12-6-4-7-13-24)37(34(29)25-14-8-5-9-15-25)46-47(43,44)33-22-19-26(38(41)42)23-30(33)39/h4-16,18-23,39H,2-3,17H2,1H3,(H,41,42). The molecule has 0 saturated carbocycles. The van der Waals surface area contributed by atoms with Crippen LogP contribution >= 0.6 is 0 Å². The number of aromatic hydroxyl groups is 1.